The van der Waals surface area contributed by atoms with E-state index in [4.69, 9.17) is 20.3 Å². The Morgan fingerprint density at radius 2 is 2.00 bits per heavy atom. The van der Waals surface area contributed by atoms with Gasteiger partial charge in [-0.2, -0.15) is 0 Å². The highest BCUT2D eigenvalue weighted by Gasteiger charge is 2.42. The molecule has 0 spiro atoms. The summed E-state index contributed by atoms with van der Waals surface area (Å²) >= 11 is 0. The van der Waals surface area contributed by atoms with Crippen molar-refractivity contribution in [1.29, 1.82) is 0 Å². The summed E-state index contributed by atoms with van der Waals surface area (Å²) in [6.45, 7) is 1.77. The minimum absolute atomic E-state index is 0.380. The molecule has 0 aromatic heterocycles. The lowest BCUT2D eigenvalue weighted by Gasteiger charge is -2.40. The van der Waals surface area contributed by atoms with Gasteiger partial charge in [-0.05, 0) is 6.92 Å². The highest BCUT2D eigenvalue weighted by Crippen LogP contribution is 2.20. The first-order valence-corrected chi connectivity index (χ1v) is 4.61. The van der Waals surface area contributed by atoms with Crippen LogP contribution in [0.5, 0.6) is 0 Å². The van der Waals surface area contributed by atoms with Crippen LogP contribution < -0.4 is 5.73 Å². The lowest BCUT2D eigenvalue weighted by atomic mass is 9.98. The molecular weight excluding hydrogens is 190 g/mol. The zero-order valence-corrected chi connectivity index (χ0v) is 8.04. The Balaban J connectivity index is 2.63. The summed E-state index contributed by atoms with van der Waals surface area (Å²) in [5, 5.41) is 27.8. The van der Waals surface area contributed by atoms with E-state index in [9.17, 15) is 10.2 Å². The van der Waals surface area contributed by atoms with Gasteiger partial charge in [-0.1, -0.05) is 0 Å². The summed E-state index contributed by atoms with van der Waals surface area (Å²) in [6, 6.07) is -0.798. The van der Waals surface area contributed by atoms with Crippen molar-refractivity contribution in [3.63, 3.8) is 0 Å². The number of aliphatic hydroxyl groups is 3. The molecule has 0 saturated carbocycles. The molecule has 1 fully saturated rings. The summed E-state index contributed by atoms with van der Waals surface area (Å²) in [5.74, 6) is 0. The molecule has 1 heterocycles. The third-order valence-electron chi connectivity index (χ3n) is 2.26. The van der Waals surface area contributed by atoms with Gasteiger partial charge in [0.05, 0.1) is 12.6 Å². The molecule has 0 aromatic carbocycles. The van der Waals surface area contributed by atoms with Crippen molar-refractivity contribution in [3.05, 3.63) is 0 Å². The van der Waals surface area contributed by atoms with E-state index in [2.05, 4.69) is 0 Å². The molecule has 0 aliphatic carbocycles. The van der Waals surface area contributed by atoms with E-state index < -0.39 is 30.6 Å². The molecule has 1 aliphatic rings. The molecular formula is C8H17NO5. The van der Waals surface area contributed by atoms with E-state index in [-0.39, 0.29) is 6.61 Å². The molecule has 84 valence electrons. The molecule has 0 amide bonds. The minimum Gasteiger partial charge on any atom is -0.394 e. The third-order valence-corrected chi connectivity index (χ3v) is 2.26. The molecule has 5 N–H and O–H groups in total. The highest BCUT2D eigenvalue weighted by molar-refractivity contribution is 4.91. The highest BCUT2D eigenvalue weighted by atomic mass is 16.7. The van der Waals surface area contributed by atoms with Crippen LogP contribution in [0.3, 0.4) is 0 Å². The van der Waals surface area contributed by atoms with Gasteiger partial charge in [0.15, 0.2) is 6.29 Å². The molecule has 1 aliphatic heterocycles. The maximum Gasteiger partial charge on any atom is 0.175 e. The Hall–Kier alpha value is -0.240. The van der Waals surface area contributed by atoms with Crippen LogP contribution in [-0.4, -0.2) is 59.2 Å². The molecule has 5 atom stereocenters. The van der Waals surface area contributed by atoms with Crippen molar-refractivity contribution in [2.75, 3.05) is 13.2 Å². The predicted molar refractivity (Wildman–Crippen MR) is 47.4 cm³/mol. The summed E-state index contributed by atoms with van der Waals surface area (Å²) < 4.78 is 10.3. The van der Waals surface area contributed by atoms with Crippen molar-refractivity contribution < 1.29 is 24.8 Å². The predicted octanol–water partition coefficient (Wildman–Crippen LogP) is -2.21. The molecule has 1 rings (SSSR count). The fraction of sp³-hybridized carbons (Fsp3) is 1.00. The number of rotatable bonds is 3. The Morgan fingerprint density at radius 3 is 2.50 bits per heavy atom. The summed E-state index contributed by atoms with van der Waals surface area (Å²) in [7, 11) is 0. The number of hydrogen-bond acceptors (Lipinski definition) is 6. The first kappa shape index (κ1) is 11.8. The Morgan fingerprint density at radius 1 is 1.36 bits per heavy atom. The minimum atomic E-state index is -1.17. The van der Waals surface area contributed by atoms with Gasteiger partial charge in [0.2, 0.25) is 0 Å². The fourth-order valence-corrected chi connectivity index (χ4v) is 1.42. The molecule has 0 unspecified atom stereocenters. The van der Waals surface area contributed by atoms with Crippen LogP contribution in [0.1, 0.15) is 6.92 Å². The van der Waals surface area contributed by atoms with Crippen LogP contribution >= 0.6 is 0 Å². The van der Waals surface area contributed by atoms with Crippen molar-refractivity contribution >= 4 is 0 Å². The molecule has 0 radical (unpaired) electrons. The van der Waals surface area contributed by atoms with Gasteiger partial charge in [0.1, 0.15) is 18.3 Å². The largest absolute Gasteiger partial charge is 0.394 e. The van der Waals surface area contributed by atoms with E-state index in [0.29, 0.717) is 6.61 Å². The Labute approximate surface area is 82.2 Å². The van der Waals surface area contributed by atoms with Crippen LogP contribution in [0.25, 0.3) is 0 Å². The lowest BCUT2D eigenvalue weighted by Crippen LogP contribution is -2.62. The van der Waals surface area contributed by atoms with E-state index in [1.807, 2.05) is 0 Å². The third kappa shape index (κ3) is 2.22. The van der Waals surface area contributed by atoms with Crippen LogP contribution in [0.15, 0.2) is 0 Å². The standard InChI is InChI=1S/C8H17NO5/c1-2-13-8-5(9)7(12)6(11)4(3-10)14-8/h4-8,10-12H,2-3,9H2,1H3/t4-,5-,6-,7-,8-/m1/s1. The second-order valence-electron chi connectivity index (χ2n) is 3.24. The van der Waals surface area contributed by atoms with Crippen molar-refractivity contribution in [2.45, 2.75) is 37.6 Å². The zero-order valence-electron chi connectivity index (χ0n) is 8.04. The van der Waals surface area contributed by atoms with Gasteiger partial charge in [0.25, 0.3) is 0 Å². The van der Waals surface area contributed by atoms with Crippen LogP contribution in [0.4, 0.5) is 0 Å². The lowest BCUT2D eigenvalue weighted by molar-refractivity contribution is -0.264. The zero-order chi connectivity index (χ0) is 10.7. The van der Waals surface area contributed by atoms with E-state index in [1.54, 1.807) is 6.92 Å². The smallest absolute Gasteiger partial charge is 0.175 e. The summed E-state index contributed by atoms with van der Waals surface area (Å²) in [5.41, 5.74) is 5.57. The topological polar surface area (TPSA) is 105 Å². The maximum absolute atomic E-state index is 9.50. The molecule has 0 aromatic rings. The maximum atomic E-state index is 9.50. The number of hydrogen-bond donors (Lipinski definition) is 4. The van der Waals surface area contributed by atoms with Crippen LogP contribution in [-0.2, 0) is 9.47 Å². The summed E-state index contributed by atoms with van der Waals surface area (Å²) in [6.07, 6.45) is -3.94. The van der Waals surface area contributed by atoms with Gasteiger partial charge in [-0.3, -0.25) is 0 Å². The van der Waals surface area contributed by atoms with Crippen LogP contribution in [0.2, 0.25) is 0 Å². The number of nitrogens with two attached hydrogens (primary N) is 1. The average molecular weight is 207 g/mol. The molecule has 0 bridgehead atoms. The second kappa shape index (κ2) is 5.01. The van der Waals surface area contributed by atoms with Gasteiger partial charge < -0.3 is 30.5 Å². The van der Waals surface area contributed by atoms with E-state index in [1.165, 1.54) is 0 Å². The van der Waals surface area contributed by atoms with Gasteiger partial charge in [0, 0.05) is 6.61 Å². The van der Waals surface area contributed by atoms with Crippen molar-refractivity contribution in [2.24, 2.45) is 5.73 Å². The number of aliphatic hydroxyl groups excluding tert-OH is 3. The molecule has 14 heavy (non-hydrogen) atoms. The Kier molecular flexibility index (Phi) is 4.24. The quantitative estimate of drug-likeness (QED) is 0.418. The van der Waals surface area contributed by atoms with Crippen molar-refractivity contribution in [3.8, 4) is 0 Å². The van der Waals surface area contributed by atoms with Crippen molar-refractivity contribution in [1.82, 2.24) is 0 Å². The normalized spacial score (nSPS) is 43.9. The summed E-state index contributed by atoms with van der Waals surface area (Å²) in [4.78, 5) is 0. The first-order chi connectivity index (χ1) is 6.61. The number of ether oxygens (including phenoxy) is 2. The second-order valence-corrected chi connectivity index (χ2v) is 3.24. The van der Waals surface area contributed by atoms with E-state index in [0.717, 1.165) is 0 Å². The monoisotopic (exact) mass is 207 g/mol. The van der Waals surface area contributed by atoms with Crippen LogP contribution in [0, 0.1) is 0 Å². The Bertz CT molecular complexity index is 175. The van der Waals surface area contributed by atoms with Gasteiger partial charge in [-0.25, -0.2) is 0 Å². The molecule has 6 nitrogen and oxygen atoms in total. The average Bonchev–Trinajstić information content (AvgIpc) is 2.19. The van der Waals surface area contributed by atoms with Gasteiger partial charge in [-0.15, -0.1) is 0 Å². The SMILES string of the molecule is CCO[C@@H]1O[C@H](CO)[C@@H](O)[C@H](O)[C@H]1N. The first-order valence-electron chi connectivity index (χ1n) is 4.61. The fourth-order valence-electron chi connectivity index (χ4n) is 1.42. The molecule has 1 saturated heterocycles. The molecule has 6 heteroatoms. The van der Waals surface area contributed by atoms with E-state index >= 15 is 0 Å². The van der Waals surface area contributed by atoms with Gasteiger partial charge >= 0.3 is 0 Å².